The van der Waals surface area contributed by atoms with E-state index in [0.29, 0.717) is 0 Å². The molecule has 0 nitrogen and oxygen atoms in total. The summed E-state index contributed by atoms with van der Waals surface area (Å²) in [4.78, 5) is 0. The van der Waals surface area contributed by atoms with E-state index in [0.717, 1.165) is 5.92 Å². The summed E-state index contributed by atoms with van der Waals surface area (Å²) in [5.41, 5.74) is 0. The molecular weight excluding hydrogens is 180 g/mol. The Morgan fingerprint density at radius 1 is 1.00 bits per heavy atom. The summed E-state index contributed by atoms with van der Waals surface area (Å²) in [5, 5.41) is 0. The van der Waals surface area contributed by atoms with E-state index in [9.17, 15) is 0 Å². The Bertz CT molecular complexity index is 157. The molecule has 1 atom stereocenters. The van der Waals surface area contributed by atoms with Gasteiger partial charge in [0.15, 0.2) is 0 Å². The van der Waals surface area contributed by atoms with Gasteiger partial charge in [-0.1, -0.05) is 57.9 Å². The minimum absolute atomic E-state index is 0.828. The average Bonchev–Trinajstić information content (AvgIpc) is 2.22. The Morgan fingerprint density at radius 2 is 1.67 bits per heavy atom. The lowest BCUT2D eigenvalue weighted by atomic mass is 9.94. The van der Waals surface area contributed by atoms with Crippen molar-refractivity contribution in [3.8, 4) is 0 Å². The van der Waals surface area contributed by atoms with Crippen LogP contribution in [0.5, 0.6) is 0 Å². The molecule has 0 spiro atoms. The second-order valence-corrected chi connectivity index (χ2v) is 4.93. The van der Waals surface area contributed by atoms with Gasteiger partial charge in [0.05, 0.1) is 0 Å². The van der Waals surface area contributed by atoms with Crippen LogP contribution in [0.25, 0.3) is 0 Å². The van der Waals surface area contributed by atoms with Gasteiger partial charge in [0, 0.05) is 0 Å². The van der Waals surface area contributed by atoms with Crippen molar-refractivity contribution < 1.29 is 0 Å². The normalized spacial score (nSPS) is 27.7. The lowest BCUT2D eigenvalue weighted by Gasteiger charge is -2.12. The maximum Gasteiger partial charge on any atom is -0.0228 e. The van der Waals surface area contributed by atoms with Crippen molar-refractivity contribution >= 4 is 0 Å². The van der Waals surface area contributed by atoms with Crippen LogP contribution in [0.4, 0.5) is 0 Å². The predicted octanol–water partition coefficient (Wildman–Crippen LogP) is 5.29. The van der Waals surface area contributed by atoms with Gasteiger partial charge in [0.2, 0.25) is 0 Å². The second kappa shape index (κ2) is 9.00. The molecule has 0 heteroatoms. The van der Waals surface area contributed by atoms with Crippen LogP contribution in [0, 0.1) is 12.0 Å². The van der Waals surface area contributed by atoms with Gasteiger partial charge in [-0.15, -0.1) is 0 Å². The molecule has 1 radical (unpaired) electrons. The molecule has 0 saturated carbocycles. The molecule has 1 aliphatic carbocycles. The lowest BCUT2D eigenvalue weighted by molar-refractivity contribution is 0.480. The molecule has 87 valence electrons. The molecule has 0 saturated heterocycles. The highest BCUT2D eigenvalue weighted by atomic mass is 14.1. The number of rotatable bonds is 2. The predicted molar refractivity (Wildman–Crippen MR) is 67.8 cm³/mol. The van der Waals surface area contributed by atoms with Crippen molar-refractivity contribution in [2.45, 2.75) is 77.6 Å². The molecule has 0 aromatic carbocycles. The molecule has 1 unspecified atom stereocenters. The Balaban J connectivity index is 2.30. The van der Waals surface area contributed by atoms with Crippen LogP contribution < -0.4 is 0 Å². The number of hydrogen-bond donors (Lipinski definition) is 0. The van der Waals surface area contributed by atoms with E-state index >= 15 is 0 Å². The van der Waals surface area contributed by atoms with Gasteiger partial charge in [-0.05, 0) is 37.7 Å². The van der Waals surface area contributed by atoms with Gasteiger partial charge in [0.25, 0.3) is 0 Å². The highest BCUT2D eigenvalue weighted by Crippen LogP contribution is 2.19. The van der Waals surface area contributed by atoms with Crippen molar-refractivity contribution in [2.24, 2.45) is 5.92 Å². The van der Waals surface area contributed by atoms with Crippen molar-refractivity contribution in [3.05, 3.63) is 12.2 Å². The summed E-state index contributed by atoms with van der Waals surface area (Å²) < 4.78 is 0. The van der Waals surface area contributed by atoms with E-state index in [2.05, 4.69) is 19.1 Å². The van der Waals surface area contributed by atoms with Gasteiger partial charge >= 0.3 is 0 Å². The third-order valence-corrected chi connectivity index (χ3v) is 3.41. The molecule has 0 bridgehead atoms. The van der Waals surface area contributed by atoms with E-state index in [1.165, 1.54) is 70.6 Å². The molecule has 0 N–H and O–H groups in total. The molecule has 0 aromatic heterocycles. The van der Waals surface area contributed by atoms with Gasteiger partial charge in [0.1, 0.15) is 0 Å². The zero-order valence-electron chi connectivity index (χ0n) is 10.4. The Kier molecular flexibility index (Phi) is 7.69. The van der Waals surface area contributed by atoms with E-state index in [-0.39, 0.29) is 0 Å². The Hall–Kier alpha value is -0.260. The van der Waals surface area contributed by atoms with Crippen LogP contribution in [0.15, 0.2) is 6.08 Å². The Labute approximate surface area is 96.2 Å². The van der Waals surface area contributed by atoms with Gasteiger partial charge in [-0.25, -0.2) is 0 Å². The molecular formula is C15H27. The third-order valence-electron chi connectivity index (χ3n) is 3.41. The molecule has 0 aromatic rings. The summed E-state index contributed by atoms with van der Waals surface area (Å²) in [6, 6.07) is 0. The smallest absolute Gasteiger partial charge is 0.0228 e. The first-order valence-corrected chi connectivity index (χ1v) is 7.00. The third kappa shape index (κ3) is 6.76. The highest BCUT2D eigenvalue weighted by Gasteiger charge is 2.04. The summed E-state index contributed by atoms with van der Waals surface area (Å²) >= 11 is 0. The fourth-order valence-corrected chi connectivity index (χ4v) is 2.45. The number of hydrogen-bond acceptors (Lipinski definition) is 0. The zero-order chi connectivity index (χ0) is 10.8. The maximum atomic E-state index is 3.51. The fourth-order valence-electron chi connectivity index (χ4n) is 2.45. The lowest BCUT2D eigenvalue weighted by Crippen LogP contribution is -1.97. The van der Waals surface area contributed by atoms with E-state index in [4.69, 9.17) is 0 Å². The van der Waals surface area contributed by atoms with Gasteiger partial charge < -0.3 is 0 Å². The van der Waals surface area contributed by atoms with Crippen LogP contribution in [0.2, 0.25) is 0 Å². The monoisotopic (exact) mass is 207 g/mol. The molecule has 0 fully saturated rings. The van der Waals surface area contributed by atoms with Crippen LogP contribution in [-0.2, 0) is 0 Å². The molecule has 1 rings (SSSR count). The van der Waals surface area contributed by atoms with Gasteiger partial charge in [-0.3, -0.25) is 0 Å². The van der Waals surface area contributed by atoms with Crippen molar-refractivity contribution in [1.82, 2.24) is 0 Å². The van der Waals surface area contributed by atoms with E-state index < -0.39 is 0 Å². The van der Waals surface area contributed by atoms with Crippen LogP contribution in [0.1, 0.15) is 77.6 Å². The minimum atomic E-state index is 0.828. The van der Waals surface area contributed by atoms with Crippen LogP contribution in [-0.4, -0.2) is 0 Å². The summed E-state index contributed by atoms with van der Waals surface area (Å²) in [6.45, 7) is 2.30. The molecule has 0 aliphatic heterocycles. The van der Waals surface area contributed by atoms with E-state index in [1.807, 2.05) is 0 Å². The van der Waals surface area contributed by atoms with Crippen molar-refractivity contribution in [1.29, 1.82) is 0 Å². The molecule has 0 heterocycles. The van der Waals surface area contributed by atoms with Gasteiger partial charge in [-0.2, -0.15) is 0 Å². The van der Waals surface area contributed by atoms with Crippen LogP contribution >= 0.6 is 0 Å². The Morgan fingerprint density at radius 3 is 2.40 bits per heavy atom. The first-order valence-electron chi connectivity index (χ1n) is 7.00. The highest BCUT2D eigenvalue weighted by molar-refractivity contribution is 4.82. The van der Waals surface area contributed by atoms with Crippen molar-refractivity contribution in [3.63, 3.8) is 0 Å². The first kappa shape index (κ1) is 12.8. The second-order valence-electron chi connectivity index (χ2n) is 4.93. The summed E-state index contributed by atoms with van der Waals surface area (Å²) in [5.74, 6) is 0.828. The zero-order valence-corrected chi connectivity index (χ0v) is 10.4. The quantitative estimate of drug-likeness (QED) is 0.577. The first-order chi connectivity index (χ1) is 7.43. The van der Waals surface area contributed by atoms with E-state index in [1.54, 1.807) is 0 Å². The minimum Gasteiger partial charge on any atom is -0.0779 e. The molecule has 15 heavy (non-hydrogen) atoms. The van der Waals surface area contributed by atoms with Crippen molar-refractivity contribution in [2.75, 3.05) is 0 Å². The molecule has 1 aliphatic rings. The number of allylic oxidation sites excluding steroid dienone is 2. The van der Waals surface area contributed by atoms with Crippen LogP contribution in [0.3, 0.4) is 0 Å². The average molecular weight is 207 g/mol. The standard InChI is InChI=1S/C15H27/c1-2-12-15-13-10-8-6-4-3-5-7-9-11-14-15/h14-15H,2-10,12-13H2,1H3. The summed E-state index contributed by atoms with van der Waals surface area (Å²) in [6.07, 6.45) is 21.2. The largest absolute Gasteiger partial charge is 0.0779 e. The topological polar surface area (TPSA) is 0 Å². The summed E-state index contributed by atoms with van der Waals surface area (Å²) in [7, 11) is 0. The SMILES string of the molecule is CCCC1/C=[C]/CCCCCCCCC1. The fraction of sp³-hybridized carbons (Fsp3) is 0.867. The maximum absolute atomic E-state index is 3.51. The molecule has 0 amide bonds.